The van der Waals surface area contributed by atoms with Crippen LogP contribution < -0.4 is 5.32 Å². The van der Waals surface area contributed by atoms with Gasteiger partial charge in [0.1, 0.15) is 0 Å². The Morgan fingerprint density at radius 2 is 2.00 bits per heavy atom. The monoisotopic (exact) mass is 272 g/mol. The van der Waals surface area contributed by atoms with Gasteiger partial charge in [0.2, 0.25) is 0 Å². The zero-order valence-electron chi connectivity index (χ0n) is 6.04. The minimum Gasteiger partial charge on any atom is -0.268 e. The Morgan fingerprint density at radius 1 is 1.42 bits per heavy atom. The number of benzene rings is 1. The summed E-state index contributed by atoms with van der Waals surface area (Å²) in [5, 5.41) is 10.2. The highest BCUT2D eigenvalue weighted by Crippen LogP contribution is 2.06. The second kappa shape index (κ2) is 4.07. The Labute approximate surface area is 83.5 Å². The topological polar surface area (TPSA) is 52.9 Å². The largest absolute Gasteiger partial charge is 0.268 e. The molecule has 0 heterocycles. The summed E-state index contributed by atoms with van der Waals surface area (Å²) >= 11 is 2.14. The average molecular weight is 272 g/mol. The summed E-state index contributed by atoms with van der Waals surface area (Å²) in [5.74, 6) is -0.367. The molecular formula is C8H5IN2O. The fraction of sp³-hybridized carbons (Fsp3) is 0. The molecule has 3 nitrogen and oxygen atoms in total. The van der Waals surface area contributed by atoms with Crippen LogP contribution >= 0.6 is 22.6 Å². The van der Waals surface area contributed by atoms with Gasteiger partial charge < -0.3 is 0 Å². The van der Waals surface area contributed by atoms with Crippen LogP contribution in [0.5, 0.6) is 0 Å². The van der Waals surface area contributed by atoms with Gasteiger partial charge in [-0.05, 0) is 46.9 Å². The fourth-order valence-electron chi connectivity index (χ4n) is 0.724. The Kier molecular flexibility index (Phi) is 3.05. The zero-order valence-corrected chi connectivity index (χ0v) is 8.20. The summed E-state index contributed by atoms with van der Waals surface area (Å²) in [6.45, 7) is 0. The van der Waals surface area contributed by atoms with Crippen molar-refractivity contribution < 1.29 is 4.79 Å². The summed E-state index contributed by atoms with van der Waals surface area (Å²) in [7, 11) is 0. The molecule has 0 aliphatic rings. The lowest BCUT2D eigenvalue weighted by molar-refractivity contribution is 0.0973. The molecule has 0 aliphatic heterocycles. The molecule has 0 radical (unpaired) electrons. The van der Waals surface area contributed by atoms with E-state index in [2.05, 4.69) is 22.6 Å². The molecule has 1 N–H and O–H groups in total. The zero-order chi connectivity index (χ0) is 8.97. The second-order valence-corrected chi connectivity index (χ2v) is 3.32. The third kappa shape index (κ3) is 2.20. The fourth-order valence-corrected chi connectivity index (χ4v) is 1.08. The number of carbonyl (C=O) groups is 1. The van der Waals surface area contributed by atoms with Gasteiger partial charge >= 0.3 is 0 Å². The van der Waals surface area contributed by atoms with Gasteiger partial charge in [-0.1, -0.05) is 0 Å². The van der Waals surface area contributed by atoms with Crippen molar-refractivity contribution in [3.8, 4) is 6.19 Å². The number of hydrogen-bond donors (Lipinski definition) is 1. The Bertz CT molecular complexity index is 326. The number of nitrogens with one attached hydrogen (secondary N) is 1. The van der Waals surface area contributed by atoms with Gasteiger partial charge in [-0.15, -0.1) is 0 Å². The van der Waals surface area contributed by atoms with Gasteiger partial charge in [0.25, 0.3) is 5.91 Å². The lowest BCUT2D eigenvalue weighted by atomic mass is 10.2. The van der Waals surface area contributed by atoms with Crippen molar-refractivity contribution in [1.29, 1.82) is 5.26 Å². The second-order valence-electron chi connectivity index (χ2n) is 2.07. The van der Waals surface area contributed by atoms with Crippen LogP contribution in [0.4, 0.5) is 0 Å². The maximum absolute atomic E-state index is 11.0. The van der Waals surface area contributed by atoms with Crippen LogP contribution in [0.1, 0.15) is 10.4 Å². The van der Waals surface area contributed by atoms with E-state index in [1.165, 1.54) is 0 Å². The van der Waals surface area contributed by atoms with Crippen LogP contribution in [0, 0.1) is 15.0 Å². The standard InChI is InChI=1S/C8H5IN2O/c9-7-3-1-6(2-4-7)8(12)11-5-10/h1-4H,(H,11,12). The summed E-state index contributed by atoms with van der Waals surface area (Å²) in [5.41, 5.74) is 0.497. The first-order valence-electron chi connectivity index (χ1n) is 3.19. The Morgan fingerprint density at radius 3 is 2.50 bits per heavy atom. The Balaban J connectivity index is 2.84. The van der Waals surface area contributed by atoms with Crippen molar-refractivity contribution in [1.82, 2.24) is 5.32 Å². The molecule has 0 aromatic heterocycles. The van der Waals surface area contributed by atoms with E-state index in [0.717, 1.165) is 3.57 Å². The van der Waals surface area contributed by atoms with Crippen LogP contribution in [0.3, 0.4) is 0 Å². The quantitative estimate of drug-likeness (QED) is 0.478. The number of amides is 1. The van der Waals surface area contributed by atoms with E-state index in [-0.39, 0.29) is 5.91 Å². The molecule has 0 aliphatic carbocycles. The molecule has 1 rings (SSSR count). The van der Waals surface area contributed by atoms with Gasteiger partial charge in [0.15, 0.2) is 6.19 Å². The number of hydrogen-bond acceptors (Lipinski definition) is 2. The van der Waals surface area contributed by atoms with E-state index in [1.807, 2.05) is 17.4 Å². The lowest BCUT2D eigenvalue weighted by Gasteiger charge is -1.96. The maximum atomic E-state index is 11.0. The minimum absolute atomic E-state index is 0.367. The van der Waals surface area contributed by atoms with Crippen molar-refractivity contribution in [3.63, 3.8) is 0 Å². The molecule has 1 aromatic carbocycles. The number of halogens is 1. The number of nitriles is 1. The maximum Gasteiger partial charge on any atom is 0.264 e. The molecular weight excluding hydrogens is 267 g/mol. The first kappa shape index (κ1) is 9.00. The van der Waals surface area contributed by atoms with E-state index in [9.17, 15) is 4.79 Å². The highest BCUT2D eigenvalue weighted by molar-refractivity contribution is 14.1. The van der Waals surface area contributed by atoms with E-state index in [0.29, 0.717) is 5.56 Å². The molecule has 4 heteroatoms. The molecule has 0 spiro atoms. The van der Waals surface area contributed by atoms with Gasteiger partial charge in [0.05, 0.1) is 0 Å². The summed E-state index contributed by atoms with van der Waals surface area (Å²) in [6.07, 6.45) is 1.58. The summed E-state index contributed by atoms with van der Waals surface area (Å²) in [6, 6.07) is 6.97. The first-order chi connectivity index (χ1) is 5.74. The molecule has 1 aromatic rings. The van der Waals surface area contributed by atoms with E-state index >= 15 is 0 Å². The summed E-state index contributed by atoms with van der Waals surface area (Å²) in [4.78, 5) is 11.0. The molecule has 0 atom stereocenters. The number of nitrogens with zero attached hydrogens (tertiary/aromatic N) is 1. The molecule has 0 saturated carbocycles. The third-order valence-electron chi connectivity index (χ3n) is 1.28. The van der Waals surface area contributed by atoms with Crippen LogP contribution in [-0.2, 0) is 0 Å². The van der Waals surface area contributed by atoms with Gasteiger partial charge in [0, 0.05) is 9.13 Å². The third-order valence-corrected chi connectivity index (χ3v) is 2.00. The SMILES string of the molecule is N#CNC(=O)c1ccc(I)cc1. The molecule has 0 bridgehead atoms. The molecule has 1 amide bonds. The van der Waals surface area contributed by atoms with E-state index < -0.39 is 0 Å². The van der Waals surface area contributed by atoms with E-state index in [4.69, 9.17) is 5.26 Å². The van der Waals surface area contributed by atoms with E-state index in [1.54, 1.807) is 18.3 Å². The van der Waals surface area contributed by atoms with Crippen LogP contribution in [0.2, 0.25) is 0 Å². The van der Waals surface area contributed by atoms with Crippen molar-refractivity contribution in [3.05, 3.63) is 33.4 Å². The van der Waals surface area contributed by atoms with Crippen molar-refractivity contribution in [2.45, 2.75) is 0 Å². The van der Waals surface area contributed by atoms with Gasteiger partial charge in [-0.2, -0.15) is 5.26 Å². The number of carbonyl (C=O) groups excluding carboxylic acids is 1. The predicted molar refractivity (Wildman–Crippen MR) is 52.2 cm³/mol. The highest BCUT2D eigenvalue weighted by Gasteiger charge is 2.02. The number of rotatable bonds is 1. The van der Waals surface area contributed by atoms with Crippen molar-refractivity contribution in [2.24, 2.45) is 0 Å². The molecule has 60 valence electrons. The van der Waals surface area contributed by atoms with Crippen LogP contribution in [0.25, 0.3) is 0 Å². The minimum atomic E-state index is -0.367. The molecule has 0 unspecified atom stereocenters. The lowest BCUT2D eigenvalue weighted by Crippen LogP contribution is -2.16. The summed E-state index contributed by atoms with van der Waals surface area (Å²) < 4.78 is 1.06. The smallest absolute Gasteiger partial charge is 0.264 e. The van der Waals surface area contributed by atoms with Gasteiger partial charge in [-0.3, -0.25) is 10.1 Å². The predicted octanol–water partition coefficient (Wildman–Crippen LogP) is 1.50. The van der Waals surface area contributed by atoms with Crippen molar-refractivity contribution >= 4 is 28.5 Å². The van der Waals surface area contributed by atoms with Gasteiger partial charge in [-0.25, -0.2) is 0 Å². The van der Waals surface area contributed by atoms with Crippen molar-refractivity contribution in [2.75, 3.05) is 0 Å². The average Bonchev–Trinajstić information content (AvgIpc) is 2.06. The Hall–Kier alpha value is -1.09. The van der Waals surface area contributed by atoms with Crippen LogP contribution in [-0.4, -0.2) is 5.91 Å². The normalized spacial score (nSPS) is 8.67. The first-order valence-corrected chi connectivity index (χ1v) is 4.27. The highest BCUT2D eigenvalue weighted by atomic mass is 127. The van der Waals surface area contributed by atoms with Crippen LogP contribution in [0.15, 0.2) is 24.3 Å². The molecule has 0 fully saturated rings. The molecule has 0 saturated heterocycles. The molecule has 12 heavy (non-hydrogen) atoms.